The number of rotatable bonds is 11. The van der Waals surface area contributed by atoms with Gasteiger partial charge in [-0.1, -0.05) is 37.6 Å². The highest BCUT2D eigenvalue weighted by Crippen LogP contribution is 2.37. The van der Waals surface area contributed by atoms with Gasteiger partial charge in [-0.15, -0.1) is 0 Å². The van der Waals surface area contributed by atoms with Crippen LogP contribution in [-0.2, 0) is 12.8 Å². The number of hydrogen-bond donors (Lipinski definition) is 6. The first-order valence-corrected chi connectivity index (χ1v) is 12.4. The summed E-state index contributed by atoms with van der Waals surface area (Å²) in [4.78, 5) is 0. The van der Waals surface area contributed by atoms with Crippen LogP contribution in [0, 0.1) is 41.5 Å². The number of aliphatic hydroxyl groups excluding tert-OH is 4. The summed E-state index contributed by atoms with van der Waals surface area (Å²) in [5.74, 6) is 0. The first kappa shape index (κ1) is 29.4. The van der Waals surface area contributed by atoms with Crippen molar-refractivity contribution in [3.8, 4) is 0 Å². The maximum atomic E-state index is 11.9. The summed E-state index contributed by atoms with van der Waals surface area (Å²) >= 11 is 0. The van der Waals surface area contributed by atoms with E-state index in [0.717, 1.165) is 44.5 Å². The van der Waals surface area contributed by atoms with Gasteiger partial charge in [0, 0.05) is 12.8 Å². The van der Waals surface area contributed by atoms with Gasteiger partial charge in [0.1, 0.15) is 23.9 Å². The Hall–Kier alpha value is -1.80. The molecule has 6 heteroatoms. The molecule has 6 nitrogen and oxygen atoms in total. The lowest BCUT2D eigenvalue weighted by Crippen LogP contribution is -2.66. The zero-order valence-electron chi connectivity index (χ0n) is 22.3. The zero-order chi connectivity index (χ0) is 26.7. The summed E-state index contributed by atoms with van der Waals surface area (Å²) in [6, 6.07) is 7.83. The second-order valence-corrected chi connectivity index (χ2v) is 10.4. The fourth-order valence-electron chi connectivity index (χ4n) is 5.17. The van der Waals surface area contributed by atoms with E-state index in [1.165, 1.54) is 0 Å². The van der Waals surface area contributed by atoms with E-state index in [2.05, 4.69) is 0 Å². The molecular weight excluding hydrogens is 444 g/mol. The highest BCUT2D eigenvalue weighted by molar-refractivity contribution is 5.42. The molecule has 0 heterocycles. The molecule has 0 spiro atoms. The Kier molecular flexibility index (Phi) is 9.67. The topological polar surface area (TPSA) is 121 Å². The van der Waals surface area contributed by atoms with Crippen molar-refractivity contribution in [2.45, 2.75) is 104 Å². The molecule has 0 fully saturated rings. The SMILES string of the molecule is CCCC(O)(Cc1c(C)ccc(C)c1C)[C@@H](O)[C@@](O)(Cc1c(C)ccc(C)c1C)[C@H](O)[C@@H](O)CO. The Morgan fingerprint density at radius 1 is 0.714 bits per heavy atom. The lowest BCUT2D eigenvalue weighted by Gasteiger charge is -2.46. The molecule has 35 heavy (non-hydrogen) atoms. The molecule has 6 N–H and O–H groups in total. The largest absolute Gasteiger partial charge is 0.394 e. The van der Waals surface area contributed by atoms with Crippen molar-refractivity contribution in [1.82, 2.24) is 0 Å². The molecule has 0 bridgehead atoms. The van der Waals surface area contributed by atoms with E-state index in [0.29, 0.717) is 6.42 Å². The van der Waals surface area contributed by atoms with Crippen LogP contribution >= 0.6 is 0 Å². The van der Waals surface area contributed by atoms with Crippen molar-refractivity contribution in [2.75, 3.05) is 6.61 Å². The number of hydrogen-bond acceptors (Lipinski definition) is 6. The van der Waals surface area contributed by atoms with Crippen molar-refractivity contribution in [3.05, 3.63) is 68.8 Å². The predicted molar refractivity (Wildman–Crippen MR) is 139 cm³/mol. The molecule has 0 aliphatic carbocycles. The Labute approximate surface area is 209 Å². The second kappa shape index (κ2) is 11.5. The monoisotopic (exact) mass is 488 g/mol. The van der Waals surface area contributed by atoms with Crippen LogP contribution < -0.4 is 0 Å². The molecule has 2 aromatic carbocycles. The highest BCUT2D eigenvalue weighted by atomic mass is 16.4. The third-order valence-electron chi connectivity index (χ3n) is 7.88. The molecule has 0 amide bonds. The van der Waals surface area contributed by atoms with Crippen LogP contribution in [0.4, 0.5) is 0 Å². The Morgan fingerprint density at radius 2 is 1.14 bits per heavy atom. The molecule has 0 aliphatic heterocycles. The first-order valence-electron chi connectivity index (χ1n) is 12.4. The third-order valence-corrected chi connectivity index (χ3v) is 7.88. The van der Waals surface area contributed by atoms with E-state index in [1.807, 2.05) is 72.7 Å². The molecule has 2 rings (SSSR count). The fourth-order valence-corrected chi connectivity index (χ4v) is 5.17. The summed E-state index contributed by atoms with van der Waals surface area (Å²) in [5.41, 5.74) is 3.21. The van der Waals surface area contributed by atoms with Gasteiger partial charge in [0.25, 0.3) is 0 Å². The number of benzene rings is 2. The van der Waals surface area contributed by atoms with Gasteiger partial charge >= 0.3 is 0 Å². The van der Waals surface area contributed by atoms with Gasteiger partial charge in [-0.05, 0) is 92.5 Å². The minimum absolute atomic E-state index is 0.0669. The fraction of sp³-hybridized carbons (Fsp3) is 0.586. The highest BCUT2D eigenvalue weighted by Gasteiger charge is 2.54. The van der Waals surface area contributed by atoms with Gasteiger partial charge in [-0.2, -0.15) is 0 Å². The smallest absolute Gasteiger partial charge is 0.126 e. The molecular formula is C29H44O6. The molecule has 196 valence electrons. The summed E-state index contributed by atoms with van der Waals surface area (Å²) < 4.78 is 0. The van der Waals surface area contributed by atoms with Crippen LogP contribution in [0.2, 0.25) is 0 Å². The lowest BCUT2D eigenvalue weighted by atomic mass is 9.70. The molecule has 0 saturated carbocycles. The predicted octanol–water partition coefficient (Wildman–Crippen LogP) is 2.66. The molecule has 5 atom stereocenters. The zero-order valence-corrected chi connectivity index (χ0v) is 22.3. The van der Waals surface area contributed by atoms with Crippen LogP contribution in [0.1, 0.15) is 64.3 Å². The van der Waals surface area contributed by atoms with Crippen LogP contribution in [0.3, 0.4) is 0 Å². The summed E-state index contributed by atoms with van der Waals surface area (Å²) in [6.45, 7) is 12.7. The van der Waals surface area contributed by atoms with Crippen LogP contribution in [-0.4, -0.2) is 66.8 Å². The average Bonchev–Trinajstić information content (AvgIpc) is 2.83. The van der Waals surface area contributed by atoms with Gasteiger partial charge in [-0.3, -0.25) is 0 Å². The van der Waals surface area contributed by atoms with Crippen LogP contribution in [0.5, 0.6) is 0 Å². The molecule has 0 aromatic heterocycles. The van der Waals surface area contributed by atoms with Crippen molar-refractivity contribution in [3.63, 3.8) is 0 Å². The first-order chi connectivity index (χ1) is 16.2. The minimum Gasteiger partial charge on any atom is -0.394 e. The van der Waals surface area contributed by atoms with Crippen LogP contribution in [0.25, 0.3) is 0 Å². The number of aliphatic hydroxyl groups is 6. The minimum atomic E-state index is -2.33. The van der Waals surface area contributed by atoms with E-state index in [4.69, 9.17) is 0 Å². The van der Waals surface area contributed by atoms with Gasteiger partial charge in [0.15, 0.2) is 0 Å². The quantitative estimate of drug-likeness (QED) is 0.289. The normalized spacial score (nSPS) is 18.0. The van der Waals surface area contributed by atoms with Gasteiger partial charge in [-0.25, -0.2) is 0 Å². The molecule has 0 radical (unpaired) electrons. The maximum absolute atomic E-state index is 11.9. The molecule has 0 saturated heterocycles. The lowest BCUT2D eigenvalue weighted by molar-refractivity contribution is -0.230. The van der Waals surface area contributed by atoms with Gasteiger partial charge < -0.3 is 30.6 Å². The van der Waals surface area contributed by atoms with Gasteiger partial charge in [0.05, 0.1) is 12.2 Å². The van der Waals surface area contributed by atoms with E-state index in [-0.39, 0.29) is 19.3 Å². The molecule has 0 aliphatic rings. The Bertz CT molecular complexity index is 1020. The average molecular weight is 489 g/mol. The van der Waals surface area contributed by atoms with Crippen molar-refractivity contribution >= 4 is 0 Å². The summed E-state index contributed by atoms with van der Waals surface area (Å²) in [6.07, 6.45) is -4.87. The van der Waals surface area contributed by atoms with Crippen molar-refractivity contribution in [1.29, 1.82) is 0 Å². The third kappa shape index (κ3) is 5.96. The van der Waals surface area contributed by atoms with Crippen molar-refractivity contribution < 1.29 is 30.6 Å². The summed E-state index contributed by atoms with van der Waals surface area (Å²) in [5, 5.41) is 66.5. The number of aryl methyl sites for hydroxylation is 4. The van der Waals surface area contributed by atoms with E-state index < -0.39 is 36.1 Å². The Balaban J connectivity index is 2.67. The van der Waals surface area contributed by atoms with E-state index in [9.17, 15) is 30.6 Å². The maximum Gasteiger partial charge on any atom is 0.126 e. The van der Waals surface area contributed by atoms with Crippen molar-refractivity contribution in [2.24, 2.45) is 0 Å². The Morgan fingerprint density at radius 3 is 1.57 bits per heavy atom. The van der Waals surface area contributed by atoms with E-state index >= 15 is 0 Å². The van der Waals surface area contributed by atoms with E-state index in [1.54, 1.807) is 0 Å². The second-order valence-electron chi connectivity index (χ2n) is 10.4. The standard InChI is InChI=1S/C29H44O6/c1-8-13-28(34,14-23-19(4)11-9-17(2)21(23)6)27(33)29(35,26(32)25(31)16-30)15-24-20(5)12-10-18(3)22(24)7/h9-12,25-27,30-35H,8,13-16H2,1-7H3/t25-,26+,27+,28?,29+/m0/s1. The summed E-state index contributed by atoms with van der Waals surface area (Å²) in [7, 11) is 0. The van der Waals surface area contributed by atoms with Crippen LogP contribution in [0.15, 0.2) is 24.3 Å². The molecule has 2 aromatic rings. The van der Waals surface area contributed by atoms with Gasteiger partial charge in [0.2, 0.25) is 0 Å². The molecule has 1 unspecified atom stereocenters.